The first kappa shape index (κ1) is 20.9. The third kappa shape index (κ3) is 6.41. The second-order valence-corrected chi connectivity index (χ2v) is 6.31. The van der Waals surface area contributed by atoms with E-state index in [0.29, 0.717) is 10.7 Å². The number of ether oxygens (including phenoxy) is 1. The van der Waals surface area contributed by atoms with Gasteiger partial charge in [-0.1, -0.05) is 23.7 Å². The predicted molar refractivity (Wildman–Crippen MR) is 104 cm³/mol. The number of nitrogens with zero attached hydrogens (tertiary/aromatic N) is 1. The maximum atomic E-state index is 12.0. The third-order valence-electron chi connectivity index (χ3n) is 3.73. The highest BCUT2D eigenvalue weighted by Crippen LogP contribution is 2.16. The van der Waals surface area contributed by atoms with E-state index < -0.39 is 24.4 Å². The lowest BCUT2D eigenvalue weighted by Crippen LogP contribution is -2.31. The van der Waals surface area contributed by atoms with Crippen molar-refractivity contribution in [1.82, 2.24) is 5.32 Å². The van der Waals surface area contributed by atoms with E-state index in [4.69, 9.17) is 21.6 Å². The molecule has 0 aromatic heterocycles. The minimum atomic E-state index is -0.663. The van der Waals surface area contributed by atoms with Crippen molar-refractivity contribution in [2.45, 2.75) is 19.4 Å². The summed E-state index contributed by atoms with van der Waals surface area (Å²) in [5.74, 6) is -1.54. The summed E-state index contributed by atoms with van der Waals surface area (Å²) in [6.07, 6.45) is -0.257. The van der Waals surface area contributed by atoms with Crippen LogP contribution in [-0.4, -0.2) is 24.4 Å². The van der Waals surface area contributed by atoms with Crippen molar-refractivity contribution in [2.24, 2.45) is 0 Å². The summed E-state index contributed by atoms with van der Waals surface area (Å²) in [5, 5.41) is 14.3. The largest absolute Gasteiger partial charge is 0.452 e. The van der Waals surface area contributed by atoms with E-state index in [1.165, 1.54) is 24.3 Å². The molecule has 0 unspecified atom stereocenters. The van der Waals surface area contributed by atoms with Crippen LogP contribution >= 0.6 is 11.6 Å². The van der Waals surface area contributed by atoms with Gasteiger partial charge in [-0.25, -0.2) is 4.79 Å². The predicted octanol–water partition coefficient (Wildman–Crippen LogP) is 3.23. The monoisotopic (exact) mass is 399 g/mol. The van der Waals surface area contributed by atoms with Gasteiger partial charge in [-0.3, -0.25) is 9.59 Å². The van der Waals surface area contributed by atoms with Crippen LogP contribution in [-0.2, 0) is 14.3 Å². The van der Waals surface area contributed by atoms with Gasteiger partial charge < -0.3 is 15.4 Å². The van der Waals surface area contributed by atoms with Crippen LogP contribution in [0, 0.1) is 11.3 Å². The van der Waals surface area contributed by atoms with Crippen molar-refractivity contribution in [2.75, 3.05) is 11.9 Å². The third-order valence-corrected chi connectivity index (χ3v) is 3.98. The summed E-state index contributed by atoms with van der Waals surface area (Å²) in [5.41, 5.74) is 1.56. The van der Waals surface area contributed by atoms with Gasteiger partial charge in [0.25, 0.3) is 5.91 Å². The van der Waals surface area contributed by atoms with E-state index in [0.717, 1.165) is 5.56 Å². The first-order chi connectivity index (χ1) is 13.4. The topological polar surface area (TPSA) is 108 Å². The summed E-state index contributed by atoms with van der Waals surface area (Å²) in [6.45, 7) is 1.39. The number of carbonyl (C=O) groups excluding carboxylic acids is 3. The molecule has 2 aromatic carbocycles. The SMILES string of the molecule is C[C@@H](NC(=O)COC(=O)c1ccc(NC(=O)CC#N)cc1)c1ccc(Cl)cc1. The van der Waals surface area contributed by atoms with Gasteiger partial charge in [0.05, 0.1) is 17.7 Å². The fourth-order valence-corrected chi connectivity index (χ4v) is 2.42. The smallest absolute Gasteiger partial charge is 0.338 e. The first-order valence-electron chi connectivity index (χ1n) is 8.38. The van der Waals surface area contributed by atoms with E-state index >= 15 is 0 Å². The van der Waals surface area contributed by atoms with Crippen LogP contribution in [0.3, 0.4) is 0 Å². The molecule has 28 heavy (non-hydrogen) atoms. The van der Waals surface area contributed by atoms with E-state index in [2.05, 4.69) is 10.6 Å². The molecular formula is C20H18ClN3O4. The number of nitriles is 1. The Morgan fingerprint density at radius 3 is 2.32 bits per heavy atom. The lowest BCUT2D eigenvalue weighted by Gasteiger charge is -2.14. The number of benzene rings is 2. The van der Waals surface area contributed by atoms with Crippen LogP contribution in [0.2, 0.25) is 5.02 Å². The molecule has 0 saturated heterocycles. The summed E-state index contributed by atoms with van der Waals surface area (Å²) < 4.78 is 5.00. The molecule has 0 aliphatic rings. The zero-order valence-corrected chi connectivity index (χ0v) is 15.8. The molecule has 1 atom stereocenters. The van der Waals surface area contributed by atoms with Gasteiger partial charge in [0, 0.05) is 10.7 Å². The summed E-state index contributed by atoms with van der Waals surface area (Å²) >= 11 is 5.84. The maximum absolute atomic E-state index is 12.0. The Morgan fingerprint density at radius 1 is 1.07 bits per heavy atom. The number of hydrogen-bond donors (Lipinski definition) is 2. The molecule has 2 N–H and O–H groups in total. The van der Waals surface area contributed by atoms with Gasteiger partial charge in [-0.15, -0.1) is 0 Å². The molecule has 0 aliphatic carbocycles. The average Bonchev–Trinajstić information content (AvgIpc) is 2.67. The van der Waals surface area contributed by atoms with E-state index in [1.54, 1.807) is 30.3 Å². The number of esters is 1. The van der Waals surface area contributed by atoms with Crippen molar-refractivity contribution in [3.05, 3.63) is 64.7 Å². The molecule has 8 heteroatoms. The second-order valence-electron chi connectivity index (χ2n) is 5.88. The Hall–Kier alpha value is -3.37. The molecule has 2 aromatic rings. The zero-order valence-electron chi connectivity index (χ0n) is 15.1. The van der Waals surface area contributed by atoms with Crippen LogP contribution in [0.5, 0.6) is 0 Å². The molecule has 0 spiro atoms. The van der Waals surface area contributed by atoms with Gasteiger partial charge in [0.1, 0.15) is 6.42 Å². The number of carbonyl (C=O) groups is 3. The normalized spacial score (nSPS) is 11.0. The first-order valence-corrected chi connectivity index (χ1v) is 8.75. The summed E-state index contributed by atoms with van der Waals surface area (Å²) in [4.78, 5) is 35.3. The van der Waals surface area contributed by atoms with Crippen molar-refractivity contribution >= 4 is 35.1 Å². The lowest BCUT2D eigenvalue weighted by molar-refractivity contribution is -0.124. The van der Waals surface area contributed by atoms with Crippen LogP contribution in [0.25, 0.3) is 0 Å². The Labute approximate surface area is 167 Å². The Morgan fingerprint density at radius 2 is 1.71 bits per heavy atom. The van der Waals surface area contributed by atoms with E-state index in [1.807, 2.05) is 6.92 Å². The minimum Gasteiger partial charge on any atom is -0.452 e. The van der Waals surface area contributed by atoms with Gasteiger partial charge in [-0.05, 0) is 48.9 Å². The standard InChI is InChI=1S/C20H18ClN3O4/c1-13(14-2-6-16(21)7-3-14)23-19(26)12-28-20(27)15-4-8-17(9-5-15)24-18(25)10-11-22/h2-9,13H,10,12H2,1H3,(H,23,26)(H,24,25)/t13-/m1/s1. The summed E-state index contributed by atoms with van der Waals surface area (Å²) in [6, 6.07) is 14.5. The second kappa shape index (κ2) is 10.1. The van der Waals surface area contributed by atoms with Crippen LogP contribution < -0.4 is 10.6 Å². The molecule has 0 radical (unpaired) electrons. The molecule has 0 saturated carbocycles. The fraction of sp³-hybridized carbons (Fsp3) is 0.200. The molecule has 2 amide bonds. The van der Waals surface area contributed by atoms with Gasteiger partial charge in [0.15, 0.2) is 6.61 Å². The number of hydrogen-bond acceptors (Lipinski definition) is 5. The molecule has 0 heterocycles. The van der Waals surface area contributed by atoms with Gasteiger partial charge in [0.2, 0.25) is 5.91 Å². The van der Waals surface area contributed by atoms with Gasteiger partial charge in [-0.2, -0.15) is 5.26 Å². The van der Waals surface area contributed by atoms with E-state index in [9.17, 15) is 14.4 Å². The highest BCUT2D eigenvalue weighted by molar-refractivity contribution is 6.30. The molecular weight excluding hydrogens is 382 g/mol. The molecule has 144 valence electrons. The Kier molecular flexibility index (Phi) is 7.55. The average molecular weight is 400 g/mol. The van der Waals surface area contributed by atoms with Crippen molar-refractivity contribution in [1.29, 1.82) is 5.26 Å². The molecule has 7 nitrogen and oxygen atoms in total. The maximum Gasteiger partial charge on any atom is 0.338 e. The number of halogens is 1. The zero-order chi connectivity index (χ0) is 20.5. The Balaban J connectivity index is 1.82. The lowest BCUT2D eigenvalue weighted by atomic mass is 10.1. The minimum absolute atomic E-state index is 0.233. The number of amides is 2. The highest BCUT2D eigenvalue weighted by atomic mass is 35.5. The number of anilines is 1. The van der Waals surface area contributed by atoms with Gasteiger partial charge >= 0.3 is 5.97 Å². The van der Waals surface area contributed by atoms with E-state index in [-0.39, 0.29) is 18.0 Å². The van der Waals surface area contributed by atoms with Crippen molar-refractivity contribution in [3.63, 3.8) is 0 Å². The molecule has 0 bridgehead atoms. The number of rotatable bonds is 7. The van der Waals surface area contributed by atoms with Crippen LogP contribution in [0.15, 0.2) is 48.5 Å². The number of nitrogens with one attached hydrogen (secondary N) is 2. The van der Waals surface area contributed by atoms with Crippen LogP contribution in [0.4, 0.5) is 5.69 Å². The summed E-state index contributed by atoms with van der Waals surface area (Å²) in [7, 11) is 0. The molecule has 0 aliphatic heterocycles. The molecule has 2 rings (SSSR count). The molecule has 0 fully saturated rings. The van der Waals surface area contributed by atoms with Crippen molar-refractivity contribution in [3.8, 4) is 6.07 Å². The quantitative estimate of drug-likeness (QED) is 0.695. The highest BCUT2D eigenvalue weighted by Gasteiger charge is 2.13. The Bertz CT molecular complexity index is 889. The fourth-order valence-electron chi connectivity index (χ4n) is 2.30. The van der Waals surface area contributed by atoms with Crippen LogP contribution in [0.1, 0.15) is 35.3 Å². The van der Waals surface area contributed by atoms with Crippen molar-refractivity contribution < 1.29 is 19.1 Å².